The smallest absolute Gasteiger partial charge is 0.330 e. The molecule has 0 amide bonds. The number of hydrogen-bond donors (Lipinski definition) is 2. The number of aliphatic carboxylic acids is 2. The second kappa shape index (κ2) is 9.82. The van der Waals surface area contributed by atoms with Gasteiger partial charge in [0.2, 0.25) is 0 Å². The van der Waals surface area contributed by atoms with Crippen molar-refractivity contribution in [3.05, 3.63) is 22.8 Å². The van der Waals surface area contributed by atoms with Crippen LogP contribution in [0, 0.1) is 39.9 Å². The lowest BCUT2D eigenvalue weighted by Gasteiger charge is -2.65. The van der Waals surface area contributed by atoms with Crippen LogP contribution in [0.15, 0.2) is 22.8 Å². The third-order valence-electron chi connectivity index (χ3n) is 11.2. The number of hydrogen-bond acceptors (Lipinski definition) is 2. The Kier molecular flexibility index (Phi) is 7.80. The fourth-order valence-corrected chi connectivity index (χ4v) is 9.03. The lowest BCUT2D eigenvalue weighted by atomic mass is 9.40. The van der Waals surface area contributed by atoms with Crippen molar-refractivity contribution in [3.8, 4) is 0 Å². The first-order valence-electron chi connectivity index (χ1n) is 13.6. The topological polar surface area (TPSA) is 74.6 Å². The van der Waals surface area contributed by atoms with Crippen LogP contribution in [0.3, 0.4) is 0 Å². The number of fused-ring (bicyclic) bond motifs is 3. The van der Waals surface area contributed by atoms with Crippen LogP contribution in [0.25, 0.3) is 0 Å². The monoisotopic (exact) mass is 472 g/mol. The summed E-state index contributed by atoms with van der Waals surface area (Å²) in [6, 6.07) is 0. The molecule has 0 aromatic rings. The van der Waals surface area contributed by atoms with E-state index in [0.717, 1.165) is 25.7 Å². The van der Waals surface area contributed by atoms with E-state index in [-0.39, 0.29) is 17.3 Å². The van der Waals surface area contributed by atoms with Crippen molar-refractivity contribution in [2.75, 3.05) is 0 Å². The summed E-state index contributed by atoms with van der Waals surface area (Å²) in [5.74, 6) is 0.774. The zero-order valence-corrected chi connectivity index (χ0v) is 22.7. The number of allylic oxidation sites excluding steroid dienone is 3. The molecule has 3 fully saturated rings. The summed E-state index contributed by atoms with van der Waals surface area (Å²) in [4.78, 5) is 22.7. The van der Waals surface area contributed by atoms with Gasteiger partial charge in [0.15, 0.2) is 0 Å². The molecule has 0 radical (unpaired) electrons. The highest BCUT2D eigenvalue weighted by atomic mass is 16.4. The largest absolute Gasteiger partial charge is 0.481 e. The average molecular weight is 473 g/mol. The first-order valence-corrected chi connectivity index (χ1v) is 13.6. The molecule has 2 N–H and O–H groups in total. The fraction of sp³-hybridized carbons (Fsp3) is 0.800. The number of carboxylic acid groups (broad SMARTS) is 2. The summed E-state index contributed by atoms with van der Waals surface area (Å²) in [7, 11) is 0. The normalized spacial score (nSPS) is 38.7. The Bertz CT molecular complexity index is 865. The van der Waals surface area contributed by atoms with Crippen molar-refractivity contribution >= 4 is 11.9 Å². The molecular weight excluding hydrogens is 424 g/mol. The molecule has 0 aliphatic heterocycles. The van der Waals surface area contributed by atoms with Crippen LogP contribution < -0.4 is 0 Å². The van der Waals surface area contributed by atoms with Gasteiger partial charge in [0.25, 0.3) is 0 Å². The molecule has 0 spiro atoms. The first kappa shape index (κ1) is 27.0. The molecule has 3 aliphatic rings. The van der Waals surface area contributed by atoms with Crippen molar-refractivity contribution in [2.24, 2.45) is 39.9 Å². The van der Waals surface area contributed by atoms with Crippen LogP contribution in [-0.2, 0) is 9.59 Å². The van der Waals surface area contributed by atoms with Crippen LogP contribution in [0.4, 0.5) is 0 Å². The van der Waals surface area contributed by atoms with E-state index in [9.17, 15) is 14.7 Å². The molecular formula is C30H48O4. The highest BCUT2D eigenvalue weighted by Crippen LogP contribution is 2.74. The highest BCUT2D eigenvalue weighted by molar-refractivity contribution is 5.85. The van der Waals surface area contributed by atoms with Crippen molar-refractivity contribution in [2.45, 2.75) is 113 Å². The Morgan fingerprint density at radius 3 is 2.29 bits per heavy atom. The van der Waals surface area contributed by atoms with Crippen LogP contribution in [0.5, 0.6) is 0 Å². The van der Waals surface area contributed by atoms with E-state index in [0.29, 0.717) is 34.7 Å². The Balaban J connectivity index is 1.86. The molecule has 0 saturated heterocycles. The Hall–Kier alpha value is -1.58. The molecule has 4 heteroatoms. The van der Waals surface area contributed by atoms with Crippen molar-refractivity contribution in [3.63, 3.8) is 0 Å². The van der Waals surface area contributed by atoms with Crippen LogP contribution in [0.1, 0.15) is 113 Å². The molecule has 3 saturated carbocycles. The minimum Gasteiger partial charge on any atom is -0.481 e. The number of rotatable bonds is 8. The summed E-state index contributed by atoms with van der Waals surface area (Å²) < 4.78 is 0. The second-order valence-corrected chi connectivity index (χ2v) is 12.8. The summed E-state index contributed by atoms with van der Waals surface area (Å²) in [5, 5.41) is 18.6. The third kappa shape index (κ3) is 4.51. The standard InChI is InChI=1S/C30H48O4/c1-19(2)22-11-13-25-28(5,24(22)12-14-26(31)32)17-18-29(6)23(15-16-30(25,29)7)20(3)9-8-10-21(4)27(33)34/h10,20,23-25H,8-9,11-18H2,1-7H3,(H,31,32)(H,33,34)/b21-10+/t20-,23+,24+,25+,28-,29+,30-/m0/s1. The summed E-state index contributed by atoms with van der Waals surface area (Å²) >= 11 is 0. The molecule has 0 heterocycles. The maximum Gasteiger partial charge on any atom is 0.330 e. The average Bonchev–Trinajstić information content (AvgIpc) is 3.03. The third-order valence-corrected chi connectivity index (χ3v) is 11.2. The first-order chi connectivity index (χ1) is 15.8. The Morgan fingerprint density at radius 2 is 1.71 bits per heavy atom. The van der Waals surface area contributed by atoms with Crippen molar-refractivity contribution < 1.29 is 19.8 Å². The zero-order valence-electron chi connectivity index (χ0n) is 22.7. The molecule has 0 unspecified atom stereocenters. The summed E-state index contributed by atoms with van der Waals surface area (Å²) in [6.07, 6.45) is 12.1. The van der Waals surface area contributed by atoms with Gasteiger partial charge in [-0.25, -0.2) is 4.79 Å². The van der Waals surface area contributed by atoms with Crippen molar-refractivity contribution in [1.82, 2.24) is 0 Å². The van der Waals surface area contributed by atoms with E-state index in [2.05, 4.69) is 41.5 Å². The maximum absolute atomic E-state index is 11.5. The maximum atomic E-state index is 11.5. The predicted octanol–water partition coefficient (Wildman–Crippen LogP) is 7.88. The molecule has 3 aliphatic carbocycles. The van der Waals surface area contributed by atoms with Gasteiger partial charge in [0.1, 0.15) is 0 Å². The Labute approximate surface area is 207 Å². The number of carbonyl (C=O) groups is 2. The van der Waals surface area contributed by atoms with E-state index in [4.69, 9.17) is 5.11 Å². The van der Waals surface area contributed by atoms with Crippen LogP contribution in [-0.4, -0.2) is 22.2 Å². The van der Waals surface area contributed by atoms with Gasteiger partial charge in [-0.2, -0.15) is 0 Å². The second-order valence-electron chi connectivity index (χ2n) is 12.8. The lowest BCUT2D eigenvalue weighted by Crippen LogP contribution is -2.57. The van der Waals surface area contributed by atoms with Gasteiger partial charge >= 0.3 is 11.9 Å². The van der Waals surface area contributed by atoms with Gasteiger partial charge in [0, 0.05) is 12.0 Å². The van der Waals surface area contributed by atoms with E-state index in [1.54, 1.807) is 6.92 Å². The lowest BCUT2D eigenvalue weighted by molar-refractivity contribution is -0.147. The summed E-state index contributed by atoms with van der Waals surface area (Å²) in [5.41, 5.74) is 4.14. The molecule has 3 rings (SSSR count). The molecule has 192 valence electrons. The molecule has 7 atom stereocenters. The molecule has 4 nitrogen and oxygen atoms in total. The van der Waals surface area contributed by atoms with Gasteiger partial charge in [-0.3, -0.25) is 4.79 Å². The zero-order chi connectivity index (χ0) is 25.5. The minimum atomic E-state index is -0.815. The number of carboxylic acids is 2. The van der Waals surface area contributed by atoms with E-state index in [1.807, 2.05) is 6.08 Å². The van der Waals surface area contributed by atoms with Crippen LogP contribution >= 0.6 is 0 Å². The van der Waals surface area contributed by atoms with E-state index < -0.39 is 11.9 Å². The van der Waals surface area contributed by atoms with Crippen LogP contribution in [0.2, 0.25) is 0 Å². The SMILES string of the molecule is CC(C)=C1CC[C@@H]2[C@@](C)(CC[C@]3(C)[C@@H]([C@@H](C)CC/C=C(\C)C(=O)O)CC[C@@]23C)[C@@H]1CCC(=O)O. The summed E-state index contributed by atoms with van der Waals surface area (Å²) in [6.45, 7) is 16.1. The van der Waals surface area contributed by atoms with Gasteiger partial charge < -0.3 is 10.2 Å². The molecule has 0 aromatic heterocycles. The quantitative estimate of drug-likeness (QED) is 0.278. The molecule has 0 bridgehead atoms. The van der Waals surface area contributed by atoms with Gasteiger partial charge in [-0.15, -0.1) is 0 Å². The molecule has 0 aromatic carbocycles. The Morgan fingerprint density at radius 1 is 1.03 bits per heavy atom. The van der Waals surface area contributed by atoms with Gasteiger partial charge in [0.05, 0.1) is 0 Å². The van der Waals surface area contributed by atoms with E-state index in [1.165, 1.54) is 43.3 Å². The fourth-order valence-electron chi connectivity index (χ4n) is 9.03. The van der Waals surface area contributed by atoms with Gasteiger partial charge in [-0.05, 0) is 118 Å². The van der Waals surface area contributed by atoms with Gasteiger partial charge in [-0.1, -0.05) is 44.9 Å². The predicted molar refractivity (Wildman–Crippen MR) is 138 cm³/mol. The highest BCUT2D eigenvalue weighted by Gasteiger charge is 2.66. The van der Waals surface area contributed by atoms with Crippen molar-refractivity contribution in [1.29, 1.82) is 0 Å². The van der Waals surface area contributed by atoms with E-state index >= 15 is 0 Å². The minimum absolute atomic E-state index is 0.175. The molecule has 34 heavy (non-hydrogen) atoms.